The van der Waals surface area contributed by atoms with Crippen LogP contribution in [-0.2, 0) is 18.2 Å². The Morgan fingerprint density at radius 3 is 3.04 bits per heavy atom. The predicted molar refractivity (Wildman–Crippen MR) is 90.3 cm³/mol. The Morgan fingerprint density at radius 1 is 1.38 bits per heavy atom. The lowest BCUT2D eigenvalue weighted by atomic mass is 10.2. The van der Waals surface area contributed by atoms with Gasteiger partial charge in [0.15, 0.2) is 16.6 Å². The van der Waals surface area contributed by atoms with Gasteiger partial charge in [-0.3, -0.25) is 0 Å². The van der Waals surface area contributed by atoms with Crippen molar-refractivity contribution < 1.29 is 9.26 Å². The Balaban J connectivity index is 1.61. The monoisotopic (exact) mass is 348 g/mol. The predicted octanol–water partition coefficient (Wildman–Crippen LogP) is 2.25. The van der Waals surface area contributed by atoms with Crippen molar-refractivity contribution in [3.63, 3.8) is 0 Å². The Hall–Kier alpha value is -2.00. The molecule has 0 unspecified atom stereocenters. The highest BCUT2D eigenvalue weighted by atomic mass is 32.1. The molecule has 1 saturated heterocycles. The van der Waals surface area contributed by atoms with E-state index < -0.39 is 0 Å². The molecule has 0 aliphatic carbocycles. The van der Waals surface area contributed by atoms with Gasteiger partial charge in [-0.05, 0) is 19.8 Å². The third-order valence-electron chi connectivity index (χ3n) is 4.33. The number of ether oxygens (including phenoxy) is 1. The summed E-state index contributed by atoms with van der Waals surface area (Å²) < 4.78 is 13.6. The smallest absolute Gasteiger partial charge is 0.249 e. The van der Waals surface area contributed by atoms with E-state index in [0.717, 1.165) is 40.6 Å². The lowest BCUT2D eigenvalue weighted by Gasteiger charge is -2.20. The summed E-state index contributed by atoms with van der Waals surface area (Å²) in [6.07, 6.45) is 2.76. The third kappa shape index (κ3) is 2.57. The lowest BCUT2D eigenvalue weighted by Crippen LogP contribution is -2.22. The lowest BCUT2D eigenvalue weighted by molar-refractivity contribution is 0.199. The minimum Gasteiger partial charge on any atom is -0.384 e. The molecule has 9 heteroatoms. The van der Waals surface area contributed by atoms with Crippen molar-refractivity contribution in [3.8, 4) is 0 Å². The van der Waals surface area contributed by atoms with E-state index in [2.05, 4.69) is 20.1 Å². The number of aryl methyl sites for hydroxylation is 2. The van der Waals surface area contributed by atoms with Crippen molar-refractivity contribution in [2.24, 2.45) is 7.05 Å². The maximum Gasteiger partial charge on any atom is 0.249 e. The zero-order valence-corrected chi connectivity index (χ0v) is 14.8. The summed E-state index contributed by atoms with van der Waals surface area (Å²) in [6.45, 7) is 3.57. The quantitative estimate of drug-likeness (QED) is 0.699. The van der Waals surface area contributed by atoms with Crippen molar-refractivity contribution in [2.45, 2.75) is 32.2 Å². The number of methoxy groups -OCH3 is 1. The fourth-order valence-corrected chi connectivity index (χ4v) is 4.25. The van der Waals surface area contributed by atoms with Crippen LogP contribution in [0, 0.1) is 6.92 Å². The molecule has 0 N–H and O–H groups in total. The van der Waals surface area contributed by atoms with Crippen LogP contribution in [0.3, 0.4) is 0 Å². The molecule has 3 aromatic heterocycles. The van der Waals surface area contributed by atoms with Crippen LogP contribution in [0.4, 0.5) is 5.13 Å². The molecule has 1 atom stereocenters. The average Bonchev–Trinajstić information content (AvgIpc) is 3.31. The molecule has 1 aliphatic heterocycles. The molecular weight excluding hydrogens is 328 g/mol. The van der Waals surface area contributed by atoms with E-state index in [0.29, 0.717) is 24.7 Å². The van der Waals surface area contributed by atoms with Crippen LogP contribution in [0.5, 0.6) is 0 Å². The number of aromatic nitrogens is 5. The van der Waals surface area contributed by atoms with Gasteiger partial charge in [0.2, 0.25) is 5.89 Å². The van der Waals surface area contributed by atoms with Crippen LogP contribution >= 0.6 is 11.3 Å². The summed E-state index contributed by atoms with van der Waals surface area (Å²) in [5.74, 6) is 1.37. The second-order valence-electron chi connectivity index (χ2n) is 6.00. The van der Waals surface area contributed by atoms with Gasteiger partial charge in [0, 0.05) is 27.1 Å². The topological polar surface area (TPSA) is 82.1 Å². The fourth-order valence-electron chi connectivity index (χ4n) is 3.15. The highest BCUT2D eigenvalue weighted by molar-refractivity contribution is 7.22. The standard InChI is InChI=1S/C15H20N6O2S/c1-9-12-13(20(2)18-9)17-15(24-12)21-7-4-5-10(21)14-16-11(19-23-14)6-8-22-3/h10H,4-8H2,1-3H3/t10-/m0/s1. The molecule has 0 spiro atoms. The van der Waals surface area contributed by atoms with E-state index in [9.17, 15) is 0 Å². The first-order chi connectivity index (χ1) is 11.7. The molecule has 128 valence electrons. The van der Waals surface area contributed by atoms with Crippen LogP contribution in [0.25, 0.3) is 10.3 Å². The van der Waals surface area contributed by atoms with E-state index >= 15 is 0 Å². The van der Waals surface area contributed by atoms with Gasteiger partial charge in [0.05, 0.1) is 17.0 Å². The summed E-state index contributed by atoms with van der Waals surface area (Å²) in [5.41, 5.74) is 1.95. The Bertz CT molecular complexity index is 819. The van der Waals surface area contributed by atoms with Crippen LogP contribution < -0.4 is 4.90 Å². The molecule has 0 radical (unpaired) electrons. The maximum absolute atomic E-state index is 5.50. The summed E-state index contributed by atoms with van der Waals surface area (Å²) in [7, 11) is 3.60. The molecule has 0 bridgehead atoms. The second-order valence-corrected chi connectivity index (χ2v) is 6.98. The summed E-state index contributed by atoms with van der Waals surface area (Å²) >= 11 is 1.68. The van der Waals surface area contributed by atoms with Gasteiger partial charge in [-0.2, -0.15) is 10.1 Å². The molecule has 1 fully saturated rings. The molecule has 8 nitrogen and oxygen atoms in total. The van der Waals surface area contributed by atoms with Gasteiger partial charge < -0.3 is 14.2 Å². The molecule has 4 heterocycles. The van der Waals surface area contributed by atoms with E-state index in [1.165, 1.54) is 0 Å². The Morgan fingerprint density at radius 2 is 2.25 bits per heavy atom. The third-order valence-corrected chi connectivity index (χ3v) is 5.52. The van der Waals surface area contributed by atoms with E-state index in [1.807, 2.05) is 18.7 Å². The average molecular weight is 348 g/mol. The second kappa shape index (κ2) is 6.14. The molecule has 0 aromatic carbocycles. The first-order valence-electron chi connectivity index (χ1n) is 8.05. The summed E-state index contributed by atoms with van der Waals surface area (Å²) in [5, 5.41) is 9.48. The summed E-state index contributed by atoms with van der Waals surface area (Å²) in [4.78, 5) is 11.6. The zero-order chi connectivity index (χ0) is 16.7. The molecule has 3 aromatic rings. The van der Waals surface area contributed by atoms with E-state index in [1.54, 1.807) is 18.4 Å². The molecule has 1 aliphatic rings. The Labute approximate surface area is 143 Å². The van der Waals surface area contributed by atoms with Crippen LogP contribution in [-0.4, -0.2) is 45.2 Å². The van der Waals surface area contributed by atoms with Crippen LogP contribution in [0.2, 0.25) is 0 Å². The van der Waals surface area contributed by atoms with Gasteiger partial charge in [-0.25, -0.2) is 9.67 Å². The van der Waals surface area contributed by atoms with Crippen molar-refractivity contribution in [3.05, 3.63) is 17.4 Å². The first kappa shape index (κ1) is 15.5. The number of fused-ring (bicyclic) bond motifs is 1. The SMILES string of the molecule is COCCc1noc([C@@H]2CCCN2c2nc3c(s2)c(C)nn3C)n1. The number of hydrogen-bond acceptors (Lipinski definition) is 8. The molecule has 0 amide bonds. The number of hydrogen-bond donors (Lipinski definition) is 0. The largest absolute Gasteiger partial charge is 0.384 e. The molecule has 24 heavy (non-hydrogen) atoms. The van der Waals surface area contributed by atoms with Crippen molar-refractivity contribution >= 4 is 26.8 Å². The van der Waals surface area contributed by atoms with Gasteiger partial charge in [0.1, 0.15) is 6.04 Å². The minimum atomic E-state index is 0.0997. The van der Waals surface area contributed by atoms with Crippen molar-refractivity contribution in [1.29, 1.82) is 0 Å². The first-order valence-corrected chi connectivity index (χ1v) is 8.87. The summed E-state index contributed by atoms with van der Waals surface area (Å²) in [6, 6.07) is 0.0997. The Kier molecular flexibility index (Phi) is 3.97. The van der Waals surface area contributed by atoms with Gasteiger partial charge >= 0.3 is 0 Å². The van der Waals surface area contributed by atoms with Gasteiger partial charge in [-0.1, -0.05) is 16.5 Å². The van der Waals surface area contributed by atoms with Crippen molar-refractivity contribution in [2.75, 3.05) is 25.2 Å². The maximum atomic E-state index is 5.50. The highest BCUT2D eigenvalue weighted by Crippen LogP contribution is 2.39. The van der Waals surface area contributed by atoms with Gasteiger partial charge in [0.25, 0.3) is 0 Å². The highest BCUT2D eigenvalue weighted by Gasteiger charge is 2.33. The van der Waals surface area contributed by atoms with Crippen molar-refractivity contribution in [1.82, 2.24) is 24.9 Å². The number of rotatable bonds is 5. The number of thiazole rings is 1. The van der Waals surface area contributed by atoms with Crippen LogP contribution in [0.15, 0.2) is 4.52 Å². The normalized spacial score (nSPS) is 18.1. The van der Waals surface area contributed by atoms with Crippen LogP contribution in [0.1, 0.15) is 36.3 Å². The zero-order valence-electron chi connectivity index (χ0n) is 14.0. The van der Waals surface area contributed by atoms with Gasteiger partial charge in [-0.15, -0.1) is 0 Å². The minimum absolute atomic E-state index is 0.0997. The number of anilines is 1. The number of nitrogens with zero attached hydrogens (tertiary/aromatic N) is 6. The fraction of sp³-hybridized carbons (Fsp3) is 0.600. The molecule has 4 rings (SSSR count). The molecule has 0 saturated carbocycles. The molecular formula is C15H20N6O2S. The van der Waals surface area contributed by atoms with E-state index in [-0.39, 0.29) is 6.04 Å². The van der Waals surface area contributed by atoms with E-state index in [4.69, 9.17) is 14.2 Å².